The molecule has 1 amide bonds. The summed E-state index contributed by atoms with van der Waals surface area (Å²) in [6.45, 7) is 15.0. The number of amides is 1. The minimum Gasteiger partial charge on any atom is -0.444 e. The van der Waals surface area contributed by atoms with Gasteiger partial charge in [0, 0.05) is 13.1 Å². The fourth-order valence-electron chi connectivity index (χ4n) is 3.45. The highest BCUT2D eigenvalue weighted by Crippen LogP contribution is 2.36. The number of benzene rings is 2. The van der Waals surface area contributed by atoms with Gasteiger partial charge in [0.05, 0.1) is 11.2 Å². The molecule has 0 aliphatic carbocycles. The molecule has 6 heteroatoms. The summed E-state index contributed by atoms with van der Waals surface area (Å²) in [6, 6.07) is 18.2. The van der Waals surface area contributed by atoms with Gasteiger partial charge >= 0.3 is 13.2 Å². The summed E-state index contributed by atoms with van der Waals surface area (Å²) in [6.07, 6.45) is 0.436. The Kier molecular flexibility index (Phi) is 7.06. The van der Waals surface area contributed by atoms with Crippen molar-refractivity contribution in [2.75, 3.05) is 6.54 Å². The molecule has 0 bridgehead atoms. The Morgan fingerprint density at radius 1 is 0.906 bits per heavy atom. The van der Waals surface area contributed by atoms with E-state index in [1.807, 2.05) is 63.2 Å². The number of rotatable bonds is 6. The van der Waals surface area contributed by atoms with Crippen LogP contribution in [0.3, 0.4) is 0 Å². The maximum Gasteiger partial charge on any atom is 0.494 e. The normalized spacial score (nSPS) is 17.3. The van der Waals surface area contributed by atoms with Crippen LogP contribution in [0.5, 0.6) is 0 Å². The van der Waals surface area contributed by atoms with E-state index in [0.717, 1.165) is 23.0 Å². The van der Waals surface area contributed by atoms with E-state index in [9.17, 15) is 4.79 Å². The maximum absolute atomic E-state index is 12.8. The predicted octanol–water partition coefficient (Wildman–Crippen LogP) is 4.97. The van der Waals surface area contributed by atoms with Crippen LogP contribution in [-0.2, 0) is 27.0 Å². The van der Waals surface area contributed by atoms with Gasteiger partial charge in [-0.3, -0.25) is 0 Å². The van der Waals surface area contributed by atoms with Crippen molar-refractivity contribution in [1.29, 1.82) is 0 Å². The molecule has 32 heavy (non-hydrogen) atoms. The fraction of sp³-hybridized carbons (Fsp3) is 0.500. The quantitative estimate of drug-likeness (QED) is 0.599. The van der Waals surface area contributed by atoms with Crippen molar-refractivity contribution in [3.63, 3.8) is 0 Å². The second-order valence-electron chi connectivity index (χ2n) is 10.5. The number of ether oxygens (including phenoxy) is 1. The van der Waals surface area contributed by atoms with Gasteiger partial charge in [0.1, 0.15) is 5.60 Å². The van der Waals surface area contributed by atoms with Gasteiger partial charge in [-0.15, -0.1) is 0 Å². The zero-order valence-electron chi connectivity index (χ0n) is 20.5. The summed E-state index contributed by atoms with van der Waals surface area (Å²) in [5.74, 6) is 0. The number of carbonyl (C=O) groups excluding carboxylic acids is 1. The predicted molar refractivity (Wildman–Crippen MR) is 129 cm³/mol. The molecular formula is C26H36BNO4. The molecule has 1 aliphatic rings. The van der Waals surface area contributed by atoms with E-state index in [-0.39, 0.29) is 24.4 Å². The van der Waals surface area contributed by atoms with Crippen molar-refractivity contribution in [2.24, 2.45) is 0 Å². The van der Waals surface area contributed by atoms with Crippen LogP contribution < -0.4 is 5.46 Å². The van der Waals surface area contributed by atoms with Gasteiger partial charge in [-0.25, -0.2) is 4.79 Å². The van der Waals surface area contributed by atoms with E-state index < -0.39 is 5.60 Å². The van der Waals surface area contributed by atoms with Crippen molar-refractivity contribution in [1.82, 2.24) is 4.90 Å². The van der Waals surface area contributed by atoms with Crippen molar-refractivity contribution >= 4 is 18.7 Å². The molecule has 1 aliphatic heterocycles. The number of nitrogens with zero attached hydrogens (tertiary/aromatic N) is 1. The summed E-state index contributed by atoms with van der Waals surface area (Å²) < 4.78 is 17.9. The SMILES string of the molecule is CC(C)(C)OC(=O)N(CCc1ccc(B2OC(C)(C)C(C)(C)O2)cc1)Cc1ccccc1. The molecule has 1 saturated heterocycles. The van der Waals surface area contributed by atoms with E-state index in [1.165, 1.54) is 0 Å². The molecule has 0 spiro atoms. The summed E-state index contributed by atoms with van der Waals surface area (Å²) in [4.78, 5) is 14.6. The second kappa shape index (κ2) is 9.28. The van der Waals surface area contributed by atoms with Crippen molar-refractivity contribution in [2.45, 2.75) is 78.2 Å². The van der Waals surface area contributed by atoms with E-state index in [2.05, 4.69) is 39.8 Å². The van der Waals surface area contributed by atoms with Crippen LogP contribution in [0.4, 0.5) is 4.79 Å². The highest BCUT2D eigenvalue weighted by Gasteiger charge is 2.51. The summed E-state index contributed by atoms with van der Waals surface area (Å²) >= 11 is 0. The van der Waals surface area contributed by atoms with Crippen LogP contribution in [0.15, 0.2) is 54.6 Å². The maximum atomic E-state index is 12.8. The molecule has 0 radical (unpaired) electrons. The first-order valence-electron chi connectivity index (χ1n) is 11.3. The fourth-order valence-corrected chi connectivity index (χ4v) is 3.45. The molecule has 2 aromatic rings. The van der Waals surface area contributed by atoms with Crippen LogP contribution in [0.1, 0.15) is 59.6 Å². The van der Waals surface area contributed by atoms with Crippen LogP contribution >= 0.6 is 0 Å². The first-order valence-corrected chi connectivity index (χ1v) is 11.3. The van der Waals surface area contributed by atoms with Crippen LogP contribution in [-0.4, -0.2) is 41.5 Å². The number of hydrogen-bond donors (Lipinski definition) is 0. The second-order valence-corrected chi connectivity index (χ2v) is 10.5. The molecule has 0 atom stereocenters. The standard InChI is InChI=1S/C26H36BNO4/c1-24(2,3)30-23(29)28(19-21-11-9-8-10-12-21)18-17-20-13-15-22(16-14-20)27-31-25(4,5)26(6,7)32-27/h8-16H,17-19H2,1-7H3. The third-order valence-electron chi connectivity index (χ3n) is 6.04. The molecule has 1 fully saturated rings. The Morgan fingerprint density at radius 3 is 2.00 bits per heavy atom. The van der Waals surface area contributed by atoms with Gasteiger partial charge in [-0.1, -0.05) is 54.6 Å². The Labute approximate surface area is 193 Å². The Morgan fingerprint density at radius 2 is 1.47 bits per heavy atom. The summed E-state index contributed by atoms with van der Waals surface area (Å²) in [5.41, 5.74) is 1.97. The first-order chi connectivity index (χ1) is 14.9. The average Bonchev–Trinajstić information content (AvgIpc) is 2.92. The lowest BCUT2D eigenvalue weighted by Crippen LogP contribution is -2.41. The lowest BCUT2D eigenvalue weighted by atomic mass is 9.79. The molecule has 172 valence electrons. The molecule has 0 saturated carbocycles. The molecule has 5 nitrogen and oxygen atoms in total. The van der Waals surface area contributed by atoms with Gasteiger partial charge in [-0.05, 0) is 71.5 Å². The zero-order chi connectivity index (χ0) is 23.6. The molecule has 0 unspecified atom stereocenters. The highest BCUT2D eigenvalue weighted by molar-refractivity contribution is 6.62. The van der Waals surface area contributed by atoms with E-state index >= 15 is 0 Å². The van der Waals surface area contributed by atoms with Crippen LogP contribution in [0.25, 0.3) is 0 Å². The third-order valence-corrected chi connectivity index (χ3v) is 6.04. The minimum atomic E-state index is -0.531. The number of hydrogen-bond acceptors (Lipinski definition) is 4. The van der Waals surface area contributed by atoms with Crippen LogP contribution in [0.2, 0.25) is 0 Å². The van der Waals surface area contributed by atoms with E-state index in [4.69, 9.17) is 14.0 Å². The molecule has 1 heterocycles. The monoisotopic (exact) mass is 437 g/mol. The molecular weight excluding hydrogens is 401 g/mol. The molecule has 2 aromatic carbocycles. The average molecular weight is 437 g/mol. The van der Waals surface area contributed by atoms with Gasteiger partial charge in [0.15, 0.2) is 0 Å². The number of carbonyl (C=O) groups is 1. The molecule has 0 N–H and O–H groups in total. The highest BCUT2D eigenvalue weighted by atomic mass is 16.7. The topological polar surface area (TPSA) is 48.0 Å². The largest absolute Gasteiger partial charge is 0.494 e. The zero-order valence-corrected chi connectivity index (χ0v) is 20.5. The summed E-state index contributed by atoms with van der Waals surface area (Å²) in [7, 11) is -0.370. The van der Waals surface area contributed by atoms with E-state index in [0.29, 0.717) is 13.1 Å². The van der Waals surface area contributed by atoms with Gasteiger partial charge in [0.25, 0.3) is 0 Å². The van der Waals surface area contributed by atoms with Crippen molar-refractivity contribution in [3.8, 4) is 0 Å². The van der Waals surface area contributed by atoms with Gasteiger partial charge in [-0.2, -0.15) is 0 Å². The summed E-state index contributed by atoms with van der Waals surface area (Å²) in [5, 5.41) is 0. The minimum absolute atomic E-state index is 0.296. The van der Waals surface area contributed by atoms with Crippen molar-refractivity contribution in [3.05, 3.63) is 65.7 Å². The Balaban J connectivity index is 1.66. The van der Waals surface area contributed by atoms with E-state index in [1.54, 1.807) is 4.90 Å². The lowest BCUT2D eigenvalue weighted by molar-refractivity contribution is 0.00578. The Hall–Kier alpha value is -2.31. The smallest absolute Gasteiger partial charge is 0.444 e. The van der Waals surface area contributed by atoms with Crippen molar-refractivity contribution < 1.29 is 18.8 Å². The van der Waals surface area contributed by atoms with Gasteiger partial charge in [0.2, 0.25) is 0 Å². The molecule has 3 rings (SSSR count). The lowest BCUT2D eigenvalue weighted by Gasteiger charge is -2.32. The first kappa shape index (κ1) is 24.3. The van der Waals surface area contributed by atoms with Crippen LogP contribution in [0, 0.1) is 0 Å². The third kappa shape index (κ3) is 6.14. The molecule has 0 aromatic heterocycles. The Bertz CT molecular complexity index is 888. The van der Waals surface area contributed by atoms with Gasteiger partial charge < -0.3 is 18.9 Å².